The second-order valence-electron chi connectivity index (χ2n) is 4.11. The molecule has 1 aromatic rings. The Balaban J connectivity index is 2.56. The first-order valence-corrected chi connectivity index (χ1v) is 7.41. The number of nitrogens with one attached hydrogen (secondary N) is 1. The van der Waals surface area contributed by atoms with Crippen molar-refractivity contribution in [1.29, 1.82) is 0 Å². The standard InChI is InChI=1S/C14H17NO4S/c1-20-9-8-12(14(18)19)15-13(17)7-4-10-2-5-11(16)6-3-10/h2-7,12,16H,8-9H2,1H3,(H,15,17)(H,18,19)/b7-4+/t12-/m1/s1. The Kier molecular flexibility index (Phi) is 6.66. The van der Waals surface area contributed by atoms with Crippen molar-refractivity contribution in [3.63, 3.8) is 0 Å². The van der Waals surface area contributed by atoms with E-state index >= 15 is 0 Å². The third kappa shape index (κ3) is 5.79. The molecule has 0 fully saturated rings. The third-order valence-corrected chi connectivity index (χ3v) is 3.19. The molecular weight excluding hydrogens is 278 g/mol. The molecule has 0 saturated carbocycles. The maximum atomic E-state index is 11.6. The lowest BCUT2D eigenvalue weighted by Crippen LogP contribution is -2.40. The van der Waals surface area contributed by atoms with Crippen LogP contribution >= 0.6 is 11.8 Å². The maximum Gasteiger partial charge on any atom is 0.326 e. The Morgan fingerprint density at radius 1 is 1.35 bits per heavy atom. The summed E-state index contributed by atoms with van der Waals surface area (Å²) < 4.78 is 0. The minimum atomic E-state index is -1.04. The van der Waals surface area contributed by atoms with Crippen molar-refractivity contribution in [2.24, 2.45) is 0 Å². The van der Waals surface area contributed by atoms with Gasteiger partial charge in [-0.1, -0.05) is 12.1 Å². The van der Waals surface area contributed by atoms with E-state index in [0.717, 1.165) is 5.56 Å². The fraction of sp³-hybridized carbons (Fsp3) is 0.286. The number of rotatable bonds is 7. The van der Waals surface area contributed by atoms with Gasteiger partial charge in [-0.05, 0) is 42.2 Å². The van der Waals surface area contributed by atoms with Crippen LogP contribution in [0.2, 0.25) is 0 Å². The molecule has 0 aliphatic carbocycles. The van der Waals surface area contributed by atoms with Crippen LogP contribution < -0.4 is 5.32 Å². The number of aromatic hydroxyl groups is 1. The number of amides is 1. The summed E-state index contributed by atoms with van der Waals surface area (Å²) in [7, 11) is 0. The molecule has 0 radical (unpaired) electrons. The lowest BCUT2D eigenvalue weighted by atomic mass is 10.2. The van der Waals surface area contributed by atoms with Gasteiger partial charge in [0.25, 0.3) is 0 Å². The van der Waals surface area contributed by atoms with Gasteiger partial charge in [-0.3, -0.25) is 4.79 Å². The van der Waals surface area contributed by atoms with Crippen LogP contribution in [-0.4, -0.2) is 40.1 Å². The van der Waals surface area contributed by atoms with Crippen LogP contribution in [-0.2, 0) is 9.59 Å². The average molecular weight is 295 g/mol. The fourth-order valence-electron chi connectivity index (χ4n) is 1.47. The van der Waals surface area contributed by atoms with E-state index in [9.17, 15) is 9.59 Å². The Morgan fingerprint density at radius 3 is 2.55 bits per heavy atom. The molecule has 0 aromatic heterocycles. The zero-order valence-electron chi connectivity index (χ0n) is 11.1. The number of aliphatic carboxylic acids is 1. The number of carboxylic acids is 1. The topological polar surface area (TPSA) is 86.6 Å². The summed E-state index contributed by atoms with van der Waals surface area (Å²) in [6.45, 7) is 0. The summed E-state index contributed by atoms with van der Waals surface area (Å²) in [5, 5.41) is 20.6. The van der Waals surface area contributed by atoms with E-state index in [4.69, 9.17) is 10.2 Å². The molecule has 0 aliphatic heterocycles. The van der Waals surface area contributed by atoms with Gasteiger partial charge in [-0.25, -0.2) is 4.79 Å². The minimum absolute atomic E-state index is 0.148. The number of benzene rings is 1. The van der Waals surface area contributed by atoms with Crippen molar-refractivity contribution in [2.45, 2.75) is 12.5 Å². The normalized spacial score (nSPS) is 12.2. The van der Waals surface area contributed by atoms with Gasteiger partial charge in [-0.15, -0.1) is 0 Å². The van der Waals surface area contributed by atoms with Crippen molar-refractivity contribution in [3.8, 4) is 5.75 Å². The van der Waals surface area contributed by atoms with Crippen LogP contribution in [0, 0.1) is 0 Å². The van der Waals surface area contributed by atoms with Crippen molar-refractivity contribution in [3.05, 3.63) is 35.9 Å². The lowest BCUT2D eigenvalue weighted by molar-refractivity contribution is -0.141. The second kappa shape index (κ2) is 8.27. The minimum Gasteiger partial charge on any atom is -0.508 e. The largest absolute Gasteiger partial charge is 0.508 e. The van der Waals surface area contributed by atoms with Crippen LogP contribution in [0.4, 0.5) is 0 Å². The Hall–Kier alpha value is -1.95. The van der Waals surface area contributed by atoms with Gasteiger partial charge in [-0.2, -0.15) is 11.8 Å². The van der Waals surface area contributed by atoms with Gasteiger partial charge in [0.05, 0.1) is 0 Å². The summed E-state index contributed by atoms with van der Waals surface area (Å²) in [6, 6.07) is 5.45. The molecule has 6 heteroatoms. The Bertz CT molecular complexity index is 484. The zero-order valence-corrected chi connectivity index (χ0v) is 11.9. The molecule has 20 heavy (non-hydrogen) atoms. The molecule has 0 bridgehead atoms. The van der Waals surface area contributed by atoms with E-state index in [-0.39, 0.29) is 5.75 Å². The summed E-state index contributed by atoms with van der Waals surface area (Å²) >= 11 is 1.53. The van der Waals surface area contributed by atoms with E-state index in [0.29, 0.717) is 12.2 Å². The zero-order chi connectivity index (χ0) is 15.0. The number of hydrogen-bond acceptors (Lipinski definition) is 4. The van der Waals surface area contributed by atoms with Crippen molar-refractivity contribution < 1.29 is 19.8 Å². The molecule has 108 valence electrons. The number of hydrogen-bond donors (Lipinski definition) is 3. The van der Waals surface area contributed by atoms with Crippen molar-refractivity contribution in [2.75, 3.05) is 12.0 Å². The van der Waals surface area contributed by atoms with Gasteiger partial charge in [0.15, 0.2) is 0 Å². The van der Waals surface area contributed by atoms with Crippen LogP contribution in [0.25, 0.3) is 6.08 Å². The fourth-order valence-corrected chi connectivity index (χ4v) is 1.94. The molecule has 0 saturated heterocycles. The second-order valence-corrected chi connectivity index (χ2v) is 5.09. The van der Waals surface area contributed by atoms with E-state index in [1.54, 1.807) is 18.2 Å². The van der Waals surface area contributed by atoms with Crippen molar-refractivity contribution in [1.82, 2.24) is 5.32 Å². The van der Waals surface area contributed by atoms with Gasteiger partial charge >= 0.3 is 5.97 Å². The molecule has 5 nitrogen and oxygen atoms in total. The number of phenols is 1. The highest BCUT2D eigenvalue weighted by molar-refractivity contribution is 7.98. The van der Waals surface area contributed by atoms with E-state index in [1.807, 2.05) is 6.26 Å². The molecule has 0 unspecified atom stereocenters. The SMILES string of the molecule is CSCC[C@@H](NC(=O)/C=C/c1ccc(O)cc1)C(=O)O. The molecule has 1 atom stereocenters. The van der Waals surface area contributed by atoms with Gasteiger partial charge in [0.2, 0.25) is 5.91 Å². The van der Waals surface area contributed by atoms with E-state index in [2.05, 4.69) is 5.32 Å². The first kappa shape index (κ1) is 16.1. The van der Waals surface area contributed by atoms with E-state index < -0.39 is 17.9 Å². The molecule has 1 rings (SSSR count). The predicted octanol–water partition coefficient (Wildman–Crippen LogP) is 1.73. The van der Waals surface area contributed by atoms with Gasteiger partial charge in [0.1, 0.15) is 11.8 Å². The summed E-state index contributed by atoms with van der Waals surface area (Å²) in [5.74, 6) is -0.675. The maximum absolute atomic E-state index is 11.6. The van der Waals surface area contributed by atoms with Crippen LogP contribution in [0.5, 0.6) is 5.75 Å². The number of thioether (sulfide) groups is 1. The molecule has 0 heterocycles. The Labute approximate surface area is 121 Å². The molecule has 1 aromatic carbocycles. The highest BCUT2D eigenvalue weighted by atomic mass is 32.2. The first-order chi connectivity index (χ1) is 9.52. The summed E-state index contributed by atoms with van der Waals surface area (Å²) in [6.07, 6.45) is 5.10. The number of carbonyl (C=O) groups excluding carboxylic acids is 1. The van der Waals surface area contributed by atoms with Gasteiger partial charge < -0.3 is 15.5 Å². The lowest BCUT2D eigenvalue weighted by Gasteiger charge is -2.12. The summed E-state index contributed by atoms with van der Waals surface area (Å²) in [4.78, 5) is 22.6. The smallest absolute Gasteiger partial charge is 0.326 e. The predicted molar refractivity (Wildman–Crippen MR) is 79.7 cm³/mol. The number of phenolic OH excluding ortho intramolecular Hbond substituents is 1. The molecule has 1 amide bonds. The van der Waals surface area contributed by atoms with Crippen LogP contribution in [0.3, 0.4) is 0 Å². The first-order valence-electron chi connectivity index (χ1n) is 6.02. The van der Waals surface area contributed by atoms with Crippen LogP contribution in [0.15, 0.2) is 30.3 Å². The molecule has 3 N–H and O–H groups in total. The van der Waals surface area contributed by atoms with Crippen LogP contribution in [0.1, 0.15) is 12.0 Å². The highest BCUT2D eigenvalue weighted by Crippen LogP contribution is 2.10. The van der Waals surface area contributed by atoms with Gasteiger partial charge in [0, 0.05) is 6.08 Å². The number of carbonyl (C=O) groups is 2. The van der Waals surface area contributed by atoms with E-state index in [1.165, 1.54) is 30.0 Å². The molecular formula is C14H17NO4S. The Morgan fingerprint density at radius 2 is 2.00 bits per heavy atom. The highest BCUT2D eigenvalue weighted by Gasteiger charge is 2.17. The molecule has 0 spiro atoms. The average Bonchev–Trinajstić information content (AvgIpc) is 2.42. The summed E-state index contributed by atoms with van der Waals surface area (Å²) in [5.41, 5.74) is 0.744. The third-order valence-electron chi connectivity index (χ3n) is 2.55. The molecule has 0 aliphatic rings. The number of carboxylic acid groups (broad SMARTS) is 1. The van der Waals surface area contributed by atoms with Crippen molar-refractivity contribution >= 4 is 29.7 Å². The quantitative estimate of drug-likeness (QED) is 0.667. The monoisotopic (exact) mass is 295 g/mol.